The van der Waals surface area contributed by atoms with Gasteiger partial charge in [0.05, 0.1) is 6.10 Å². The van der Waals surface area contributed by atoms with Crippen LogP contribution in [0.1, 0.15) is 18.1 Å². The molecule has 1 atom stereocenters. The van der Waals surface area contributed by atoms with Crippen LogP contribution in [0.4, 0.5) is 4.39 Å². The van der Waals surface area contributed by atoms with Gasteiger partial charge in [-0.25, -0.2) is 4.39 Å². The van der Waals surface area contributed by atoms with E-state index in [2.05, 4.69) is 10.6 Å². The van der Waals surface area contributed by atoms with Gasteiger partial charge in [-0.1, -0.05) is 36.4 Å². The monoisotopic (exact) mass is 332 g/mol. The predicted molar refractivity (Wildman–Crippen MR) is 93.4 cm³/mol. The Morgan fingerprint density at radius 1 is 1.00 bits per heavy atom. The first-order chi connectivity index (χ1) is 11.7. The molecule has 3 N–H and O–H groups in total. The Morgan fingerprint density at radius 3 is 2.42 bits per heavy atom. The van der Waals surface area contributed by atoms with Gasteiger partial charge in [0.25, 0.3) is 0 Å². The molecule has 0 fully saturated rings. The summed E-state index contributed by atoms with van der Waals surface area (Å²) in [5.41, 5.74) is 1.58. The second kappa shape index (κ2) is 10.0. The van der Waals surface area contributed by atoms with Crippen molar-refractivity contribution in [2.45, 2.75) is 26.2 Å². The minimum atomic E-state index is -0.336. The van der Waals surface area contributed by atoms with Crippen LogP contribution < -0.4 is 15.4 Å². The Labute approximate surface area is 142 Å². The maximum absolute atomic E-state index is 13.7. The molecule has 2 rings (SSSR count). The molecule has 2 aromatic rings. The Hall–Kier alpha value is -1.95. The van der Waals surface area contributed by atoms with Crippen molar-refractivity contribution in [1.29, 1.82) is 0 Å². The van der Waals surface area contributed by atoms with Crippen LogP contribution in [0.3, 0.4) is 0 Å². The lowest BCUT2D eigenvalue weighted by Crippen LogP contribution is -2.31. The molecular weight excluding hydrogens is 307 g/mol. The minimum absolute atomic E-state index is 0.208. The topological polar surface area (TPSA) is 53.5 Å². The van der Waals surface area contributed by atoms with Crippen molar-refractivity contribution in [3.05, 3.63) is 65.5 Å². The molecule has 0 saturated carbocycles. The lowest BCUT2D eigenvalue weighted by atomic mass is 10.2. The number of nitrogens with one attached hydrogen (secondary N) is 2. The third kappa shape index (κ3) is 6.28. The maximum atomic E-state index is 13.7. The number of ether oxygens (including phenoxy) is 1. The first kappa shape index (κ1) is 18.4. The molecule has 0 saturated heterocycles. The van der Waals surface area contributed by atoms with Gasteiger partial charge in [-0.05, 0) is 19.1 Å². The van der Waals surface area contributed by atoms with Gasteiger partial charge in [-0.3, -0.25) is 0 Å². The zero-order valence-corrected chi connectivity index (χ0v) is 14.0. The average Bonchev–Trinajstić information content (AvgIpc) is 2.58. The molecule has 1 unspecified atom stereocenters. The molecule has 24 heavy (non-hydrogen) atoms. The van der Waals surface area contributed by atoms with E-state index in [1.165, 1.54) is 6.07 Å². The summed E-state index contributed by atoms with van der Waals surface area (Å²) in [6.45, 7) is 4.79. The van der Waals surface area contributed by atoms with Gasteiger partial charge in [0.2, 0.25) is 0 Å². The van der Waals surface area contributed by atoms with Gasteiger partial charge in [0.15, 0.2) is 0 Å². The molecule has 0 aromatic heterocycles. The van der Waals surface area contributed by atoms with Crippen LogP contribution in [0.15, 0.2) is 48.5 Å². The largest absolute Gasteiger partial charge is 0.488 e. The third-order valence-electron chi connectivity index (χ3n) is 3.55. The molecule has 0 bridgehead atoms. The van der Waals surface area contributed by atoms with E-state index in [0.717, 1.165) is 24.4 Å². The lowest BCUT2D eigenvalue weighted by Gasteiger charge is -2.13. The second-order valence-electron chi connectivity index (χ2n) is 5.72. The zero-order valence-electron chi connectivity index (χ0n) is 14.0. The van der Waals surface area contributed by atoms with E-state index >= 15 is 0 Å². The van der Waals surface area contributed by atoms with Crippen molar-refractivity contribution >= 4 is 0 Å². The molecule has 4 nitrogen and oxygen atoms in total. The number of benzene rings is 2. The smallest absolute Gasteiger partial charge is 0.129 e. The van der Waals surface area contributed by atoms with Gasteiger partial charge < -0.3 is 20.5 Å². The van der Waals surface area contributed by atoms with Gasteiger partial charge in [-0.15, -0.1) is 0 Å². The maximum Gasteiger partial charge on any atom is 0.129 e. The van der Waals surface area contributed by atoms with Crippen LogP contribution in [0.5, 0.6) is 5.75 Å². The minimum Gasteiger partial charge on any atom is -0.488 e. The fourth-order valence-electron chi connectivity index (χ4n) is 2.27. The van der Waals surface area contributed by atoms with Crippen molar-refractivity contribution < 1.29 is 14.2 Å². The zero-order chi connectivity index (χ0) is 17.2. The molecule has 2 aromatic carbocycles. The molecule has 5 heteroatoms. The van der Waals surface area contributed by atoms with E-state index in [1.807, 2.05) is 24.3 Å². The highest BCUT2D eigenvalue weighted by atomic mass is 19.1. The summed E-state index contributed by atoms with van der Waals surface area (Å²) in [5.74, 6) is 0.502. The average molecular weight is 332 g/mol. The van der Waals surface area contributed by atoms with Crippen molar-refractivity contribution in [3.63, 3.8) is 0 Å². The van der Waals surface area contributed by atoms with Crippen LogP contribution in [0.2, 0.25) is 0 Å². The van der Waals surface area contributed by atoms with Crippen molar-refractivity contribution in [2.24, 2.45) is 0 Å². The van der Waals surface area contributed by atoms with Crippen molar-refractivity contribution in [2.75, 3.05) is 19.6 Å². The van der Waals surface area contributed by atoms with Gasteiger partial charge in [-0.2, -0.15) is 0 Å². The molecular formula is C19H25FN2O2. The normalized spacial score (nSPS) is 12.1. The summed E-state index contributed by atoms with van der Waals surface area (Å²) in [6, 6.07) is 14.4. The summed E-state index contributed by atoms with van der Waals surface area (Å²) in [4.78, 5) is 0. The van der Waals surface area contributed by atoms with Crippen LogP contribution in [-0.2, 0) is 13.2 Å². The summed E-state index contributed by atoms with van der Waals surface area (Å²) in [6.07, 6.45) is -0.336. The number of hydrogen-bond acceptors (Lipinski definition) is 4. The third-order valence-corrected chi connectivity index (χ3v) is 3.55. The highest BCUT2D eigenvalue weighted by molar-refractivity contribution is 5.33. The summed E-state index contributed by atoms with van der Waals surface area (Å²) in [7, 11) is 0. The number of aliphatic hydroxyl groups excluding tert-OH is 1. The molecule has 0 aliphatic rings. The van der Waals surface area contributed by atoms with Gasteiger partial charge in [0.1, 0.15) is 18.2 Å². The van der Waals surface area contributed by atoms with Crippen LogP contribution in [0, 0.1) is 5.82 Å². The number of halogens is 1. The van der Waals surface area contributed by atoms with Gasteiger partial charge in [0, 0.05) is 37.3 Å². The fourth-order valence-corrected chi connectivity index (χ4v) is 2.27. The summed E-state index contributed by atoms with van der Waals surface area (Å²) < 4.78 is 19.4. The quantitative estimate of drug-likeness (QED) is 0.585. The Bertz CT molecular complexity index is 620. The number of aliphatic hydroxyl groups is 1. The highest BCUT2D eigenvalue weighted by Gasteiger charge is 2.05. The molecule has 0 radical (unpaired) electrons. The van der Waals surface area contributed by atoms with Crippen molar-refractivity contribution in [1.82, 2.24) is 10.6 Å². The molecule has 0 aliphatic carbocycles. The Balaban J connectivity index is 1.80. The van der Waals surface area contributed by atoms with E-state index in [9.17, 15) is 4.39 Å². The molecule has 0 heterocycles. The molecule has 130 valence electrons. The van der Waals surface area contributed by atoms with E-state index in [0.29, 0.717) is 18.7 Å². The standard InChI is InChI=1S/C19H25FN2O2/c1-15(23)12-21-10-11-22-13-16-6-3-5-9-19(16)24-14-17-7-2-4-8-18(17)20/h2-9,15,21-23H,10-14H2,1H3. The van der Waals surface area contributed by atoms with E-state index in [-0.39, 0.29) is 18.5 Å². The van der Waals surface area contributed by atoms with Crippen LogP contribution >= 0.6 is 0 Å². The van der Waals surface area contributed by atoms with E-state index in [1.54, 1.807) is 25.1 Å². The number of rotatable bonds is 10. The van der Waals surface area contributed by atoms with Crippen LogP contribution in [0.25, 0.3) is 0 Å². The second-order valence-corrected chi connectivity index (χ2v) is 5.72. The predicted octanol–water partition coefficient (Wildman–Crippen LogP) is 2.46. The summed E-state index contributed by atoms with van der Waals surface area (Å²) in [5, 5.41) is 15.7. The number of hydrogen-bond donors (Lipinski definition) is 3. The van der Waals surface area contributed by atoms with Crippen molar-refractivity contribution in [3.8, 4) is 5.75 Å². The molecule has 0 aliphatic heterocycles. The Morgan fingerprint density at radius 2 is 1.67 bits per heavy atom. The molecule has 0 spiro atoms. The van der Waals surface area contributed by atoms with Gasteiger partial charge >= 0.3 is 0 Å². The van der Waals surface area contributed by atoms with E-state index in [4.69, 9.17) is 9.84 Å². The Kier molecular flexibility index (Phi) is 7.68. The SMILES string of the molecule is CC(O)CNCCNCc1ccccc1OCc1ccccc1F. The number of para-hydroxylation sites is 1. The fraction of sp³-hybridized carbons (Fsp3) is 0.368. The summed E-state index contributed by atoms with van der Waals surface area (Å²) >= 11 is 0. The first-order valence-corrected chi connectivity index (χ1v) is 8.20. The van der Waals surface area contributed by atoms with E-state index < -0.39 is 0 Å². The molecule has 0 amide bonds. The highest BCUT2D eigenvalue weighted by Crippen LogP contribution is 2.19. The first-order valence-electron chi connectivity index (χ1n) is 8.20. The van der Waals surface area contributed by atoms with Crippen LogP contribution in [-0.4, -0.2) is 30.8 Å². The lowest BCUT2D eigenvalue weighted by molar-refractivity contribution is 0.191.